The van der Waals surface area contributed by atoms with Gasteiger partial charge < -0.3 is 0 Å². The van der Waals surface area contributed by atoms with E-state index in [1.807, 2.05) is 24.6 Å². The summed E-state index contributed by atoms with van der Waals surface area (Å²) in [5, 5.41) is 8.11. The van der Waals surface area contributed by atoms with Crippen LogP contribution in [0.25, 0.3) is 0 Å². The van der Waals surface area contributed by atoms with Gasteiger partial charge in [-0.3, -0.25) is 9.36 Å². The molecule has 0 bridgehead atoms. The molecule has 0 aliphatic heterocycles. The van der Waals surface area contributed by atoms with E-state index in [2.05, 4.69) is 14.9 Å². The van der Waals surface area contributed by atoms with E-state index in [-0.39, 0.29) is 4.90 Å². The molecular weight excluding hydrogens is 278 g/mol. The van der Waals surface area contributed by atoms with Gasteiger partial charge in [0.25, 0.3) is 0 Å². The summed E-state index contributed by atoms with van der Waals surface area (Å²) in [5.74, 6) is 0. The molecular formula is C12H19N5O2S. The predicted molar refractivity (Wildman–Crippen MR) is 74.7 cm³/mol. The minimum atomic E-state index is -3.46. The molecule has 0 amide bonds. The van der Waals surface area contributed by atoms with Gasteiger partial charge in [0.1, 0.15) is 4.90 Å². The average Bonchev–Trinajstić information content (AvgIpc) is 3.04. The van der Waals surface area contributed by atoms with Crippen LogP contribution in [-0.2, 0) is 23.1 Å². The maximum absolute atomic E-state index is 12.0. The van der Waals surface area contributed by atoms with Crippen molar-refractivity contribution in [3.8, 4) is 0 Å². The van der Waals surface area contributed by atoms with Gasteiger partial charge in [-0.15, -0.1) is 0 Å². The molecule has 110 valence electrons. The van der Waals surface area contributed by atoms with Gasteiger partial charge in [-0.2, -0.15) is 10.2 Å². The lowest BCUT2D eigenvalue weighted by atomic mass is 10.4. The Morgan fingerprint density at radius 3 is 2.75 bits per heavy atom. The molecule has 0 aromatic carbocycles. The molecule has 2 rings (SSSR count). The van der Waals surface area contributed by atoms with E-state index in [9.17, 15) is 8.42 Å². The third kappa shape index (κ3) is 3.45. The van der Waals surface area contributed by atoms with Gasteiger partial charge >= 0.3 is 0 Å². The van der Waals surface area contributed by atoms with E-state index < -0.39 is 10.0 Å². The van der Waals surface area contributed by atoms with Crippen molar-refractivity contribution < 1.29 is 8.42 Å². The number of aryl methyl sites for hydroxylation is 3. The smallest absolute Gasteiger partial charge is 0.243 e. The van der Waals surface area contributed by atoms with Crippen LogP contribution in [0.2, 0.25) is 0 Å². The van der Waals surface area contributed by atoms with Gasteiger partial charge in [0.15, 0.2) is 0 Å². The Bertz CT molecular complexity index is 659. The Kier molecular flexibility index (Phi) is 4.56. The maximum atomic E-state index is 12.0. The van der Waals surface area contributed by atoms with Crippen molar-refractivity contribution in [1.82, 2.24) is 24.3 Å². The topological polar surface area (TPSA) is 81.8 Å². The van der Waals surface area contributed by atoms with Gasteiger partial charge in [0, 0.05) is 37.7 Å². The average molecular weight is 297 g/mol. The van der Waals surface area contributed by atoms with Gasteiger partial charge in [-0.1, -0.05) is 0 Å². The summed E-state index contributed by atoms with van der Waals surface area (Å²) >= 11 is 0. The van der Waals surface area contributed by atoms with Gasteiger partial charge in [0.05, 0.1) is 6.20 Å². The first-order valence-corrected chi connectivity index (χ1v) is 8.02. The number of rotatable bonds is 7. The molecule has 0 aliphatic rings. The molecule has 0 saturated heterocycles. The summed E-state index contributed by atoms with van der Waals surface area (Å²) in [7, 11) is -3.46. The molecule has 8 heteroatoms. The molecule has 7 nitrogen and oxygen atoms in total. The lowest BCUT2D eigenvalue weighted by molar-refractivity contribution is 0.546. The molecule has 2 heterocycles. The largest absolute Gasteiger partial charge is 0.272 e. The quantitative estimate of drug-likeness (QED) is 0.766. The summed E-state index contributed by atoms with van der Waals surface area (Å²) in [5.41, 5.74) is 1.07. The molecule has 2 aromatic rings. The minimum Gasteiger partial charge on any atom is -0.272 e. The standard InChI is InChI=1S/C12H19N5O2S/c1-3-16-10-12(9-14-16)20(18,19)15-6-4-8-17-11(2)5-7-13-17/h5,7,9-10,15H,3-4,6,8H2,1-2H3. The van der Waals surface area contributed by atoms with Crippen LogP contribution in [0.15, 0.2) is 29.6 Å². The first-order chi connectivity index (χ1) is 9.53. The molecule has 1 N–H and O–H groups in total. The summed E-state index contributed by atoms with van der Waals surface area (Å²) in [6, 6.07) is 1.92. The first kappa shape index (κ1) is 14.7. The monoisotopic (exact) mass is 297 g/mol. The highest BCUT2D eigenvalue weighted by Gasteiger charge is 2.15. The molecule has 20 heavy (non-hydrogen) atoms. The summed E-state index contributed by atoms with van der Waals surface area (Å²) in [4.78, 5) is 0.203. The highest BCUT2D eigenvalue weighted by molar-refractivity contribution is 7.89. The first-order valence-electron chi connectivity index (χ1n) is 6.53. The molecule has 0 unspecified atom stereocenters. The van der Waals surface area contributed by atoms with Crippen LogP contribution < -0.4 is 4.72 Å². The maximum Gasteiger partial charge on any atom is 0.243 e. The summed E-state index contributed by atoms with van der Waals surface area (Å²) in [6.07, 6.45) is 5.31. The fourth-order valence-corrected chi connectivity index (χ4v) is 2.83. The zero-order chi connectivity index (χ0) is 14.6. The Labute approximate surface area is 118 Å². The van der Waals surface area contributed by atoms with Crippen molar-refractivity contribution in [2.24, 2.45) is 0 Å². The predicted octanol–water partition coefficient (Wildman–Crippen LogP) is 0.777. The Hall–Kier alpha value is -1.67. The summed E-state index contributed by atoms with van der Waals surface area (Å²) < 4.78 is 30.0. The van der Waals surface area contributed by atoms with Crippen molar-refractivity contribution in [3.05, 3.63) is 30.4 Å². The molecule has 0 radical (unpaired) electrons. The second-order valence-corrected chi connectivity index (χ2v) is 6.25. The zero-order valence-corrected chi connectivity index (χ0v) is 12.5. The Morgan fingerprint density at radius 1 is 1.35 bits per heavy atom. The molecule has 0 aliphatic carbocycles. The van der Waals surface area contributed by atoms with Crippen molar-refractivity contribution >= 4 is 10.0 Å². The highest BCUT2D eigenvalue weighted by Crippen LogP contribution is 2.06. The van der Waals surface area contributed by atoms with Gasteiger partial charge in [0.2, 0.25) is 10.0 Å². The van der Waals surface area contributed by atoms with Crippen molar-refractivity contribution in [2.75, 3.05) is 6.54 Å². The Balaban J connectivity index is 1.85. The van der Waals surface area contributed by atoms with E-state index in [0.717, 1.165) is 5.69 Å². The molecule has 0 atom stereocenters. The number of hydrogen-bond acceptors (Lipinski definition) is 4. The highest BCUT2D eigenvalue weighted by atomic mass is 32.2. The van der Waals surface area contributed by atoms with Gasteiger partial charge in [-0.05, 0) is 26.3 Å². The normalized spacial score (nSPS) is 11.9. The van der Waals surface area contributed by atoms with Gasteiger partial charge in [-0.25, -0.2) is 13.1 Å². The van der Waals surface area contributed by atoms with Crippen molar-refractivity contribution in [3.63, 3.8) is 0 Å². The number of aromatic nitrogens is 4. The third-order valence-electron chi connectivity index (χ3n) is 3.01. The number of hydrogen-bond donors (Lipinski definition) is 1. The van der Waals surface area contributed by atoms with Crippen molar-refractivity contribution in [1.29, 1.82) is 0 Å². The number of nitrogens with zero attached hydrogens (tertiary/aromatic N) is 4. The molecule has 2 aromatic heterocycles. The van der Waals surface area contributed by atoms with E-state index in [0.29, 0.717) is 26.1 Å². The zero-order valence-electron chi connectivity index (χ0n) is 11.7. The molecule has 0 spiro atoms. The number of sulfonamides is 1. The minimum absolute atomic E-state index is 0.203. The van der Waals surface area contributed by atoms with E-state index in [1.165, 1.54) is 12.4 Å². The summed E-state index contributed by atoms with van der Waals surface area (Å²) in [6.45, 7) is 5.59. The Morgan fingerprint density at radius 2 is 2.15 bits per heavy atom. The second kappa shape index (κ2) is 6.19. The molecule has 0 saturated carbocycles. The van der Waals surface area contributed by atoms with Crippen LogP contribution in [-0.4, -0.2) is 34.5 Å². The SMILES string of the molecule is CCn1cc(S(=O)(=O)NCCCn2nccc2C)cn1. The van der Waals surface area contributed by atoms with Crippen LogP contribution in [0.1, 0.15) is 19.0 Å². The van der Waals surface area contributed by atoms with Crippen LogP contribution >= 0.6 is 0 Å². The fraction of sp³-hybridized carbons (Fsp3) is 0.500. The lowest BCUT2D eigenvalue weighted by Crippen LogP contribution is -2.25. The van der Waals surface area contributed by atoms with E-state index >= 15 is 0 Å². The van der Waals surface area contributed by atoms with E-state index in [4.69, 9.17) is 0 Å². The number of nitrogens with one attached hydrogen (secondary N) is 1. The second-order valence-electron chi connectivity index (χ2n) is 4.48. The lowest BCUT2D eigenvalue weighted by Gasteiger charge is -2.06. The van der Waals surface area contributed by atoms with E-state index in [1.54, 1.807) is 10.9 Å². The molecule has 0 fully saturated rings. The fourth-order valence-electron chi connectivity index (χ4n) is 1.81. The third-order valence-corrected chi connectivity index (χ3v) is 4.43. The van der Waals surface area contributed by atoms with Crippen LogP contribution in [0.4, 0.5) is 0 Å². The van der Waals surface area contributed by atoms with Crippen LogP contribution in [0.3, 0.4) is 0 Å². The van der Waals surface area contributed by atoms with Crippen LogP contribution in [0.5, 0.6) is 0 Å². The van der Waals surface area contributed by atoms with Crippen LogP contribution in [0, 0.1) is 6.92 Å². The van der Waals surface area contributed by atoms with Crippen molar-refractivity contribution in [2.45, 2.75) is 38.3 Å².